The van der Waals surface area contributed by atoms with Crippen LogP contribution in [0.25, 0.3) is 10.2 Å². The molecular weight excluding hydrogens is 288 g/mol. The summed E-state index contributed by atoms with van der Waals surface area (Å²) in [4.78, 5) is 34.4. The van der Waals surface area contributed by atoms with Gasteiger partial charge in [-0.3, -0.25) is 9.59 Å². The van der Waals surface area contributed by atoms with Crippen LogP contribution in [0.2, 0.25) is 0 Å². The maximum Gasteiger partial charge on any atom is 0.261 e. The van der Waals surface area contributed by atoms with Gasteiger partial charge >= 0.3 is 0 Å². The molecule has 0 spiro atoms. The summed E-state index contributed by atoms with van der Waals surface area (Å²) >= 11 is 1.27. The van der Waals surface area contributed by atoms with Crippen LogP contribution in [0.5, 0.6) is 0 Å². The molecule has 0 saturated heterocycles. The van der Waals surface area contributed by atoms with Crippen LogP contribution in [0, 0.1) is 13.8 Å². The number of nitrogens with one attached hydrogen (secondary N) is 2. The van der Waals surface area contributed by atoms with Gasteiger partial charge in [0.2, 0.25) is 0 Å². The molecule has 0 saturated carbocycles. The maximum absolute atomic E-state index is 12.2. The van der Waals surface area contributed by atoms with Gasteiger partial charge in [-0.15, -0.1) is 11.3 Å². The summed E-state index contributed by atoms with van der Waals surface area (Å²) in [5.41, 5.74) is 0.520. The molecular formula is C14H20N4O2S. The SMILES string of the molecule is Cc1nc2sc(C(=O)NCCCN(C)C)c(C)c2c(=O)[nH]1. The van der Waals surface area contributed by atoms with Crippen molar-refractivity contribution in [2.45, 2.75) is 20.3 Å². The lowest BCUT2D eigenvalue weighted by Gasteiger charge is -2.09. The average Bonchev–Trinajstić information content (AvgIpc) is 2.71. The Bertz CT molecular complexity index is 718. The number of carbonyl (C=O) groups excluding carboxylic acids is 1. The van der Waals surface area contributed by atoms with Crippen molar-refractivity contribution in [3.05, 3.63) is 26.6 Å². The number of carbonyl (C=O) groups is 1. The van der Waals surface area contributed by atoms with Crippen molar-refractivity contribution >= 4 is 27.5 Å². The Morgan fingerprint density at radius 3 is 2.76 bits per heavy atom. The topological polar surface area (TPSA) is 78.1 Å². The normalized spacial score (nSPS) is 11.3. The lowest BCUT2D eigenvalue weighted by molar-refractivity contribution is 0.0956. The second-order valence-corrected chi connectivity index (χ2v) is 6.30. The number of hydrogen-bond donors (Lipinski definition) is 2. The Hall–Kier alpha value is -1.73. The lowest BCUT2D eigenvalue weighted by Crippen LogP contribution is -2.27. The van der Waals surface area contributed by atoms with Gasteiger partial charge in [-0.1, -0.05) is 0 Å². The Balaban J connectivity index is 2.18. The van der Waals surface area contributed by atoms with Crippen molar-refractivity contribution in [1.29, 1.82) is 0 Å². The maximum atomic E-state index is 12.2. The Morgan fingerprint density at radius 1 is 1.38 bits per heavy atom. The molecule has 6 nitrogen and oxygen atoms in total. The largest absolute Gasteiger partial charge is 0.351 e. The van der Waals surface area contributed by atoms with E-state index in [9.17, 15) is 9.59 Å². The fourth-order valence-electron chi connectivity index (χ4n) is 2.15. The zero-order valence-electron chi connectivity index (χ0n) is 12.7. The molecule has 0 bridgehead atoms. The first kappa shape index (κ1) is 15.7. The van der Waals surface area contributed by atoms with Crippen molar-refractivity contribution in [1.82, 2.24) is 20.2 Å². The molecule has 2 aromatic heterocycles. The van der Waals surface area contributed by atoms with Gasteiger partial charge in [-0.25, -0.2) is 4.98 Å². The number of thiophene rings is 1. The van der Waals surface area contributed by atoms with Gasteiger partial charge in [0.25, 0.3) is 11.5 Å². The minimum absolute atomic E-state index is 0.133. The molecule has 2 N–H and O–H groups in total. The average molecular weight is 308 g/mol. The fraction of sp³-hybridized carbons (Fsp3) is 0.500. The van der Waals surface area contributed by atoms with E-state index in [1.54, 1.807) is 13.8 Å². The van der Waals surface area contributed by atoms with Crippen LogP contribution in [0.15, 0.2) is 4.79 Å². The molecule has 0 aliphatic rings. The number of fused-ring (bicyclic) bond motifs is 1. The van der Waals surface area contributed by atoms with E-state index in [0.29, 0.717) is 33.0 Å². The molecule has 0 radical (unpaired) electrons. The summed E-state index contributed by atoms with van der Waals surface area (Å²) in [7, 11) is 4.00. The summed E-state index contributed by atoms with van der Waals surface area (Å²) in [5, 5.41) is 3.41. The third-order valence-corrected chi connectivity index (χ3v) is 4.38. The standard InChI is InChI=1S/C14H20N4O2S/c1-8-10-12(19)16-9(2)17-14(10)21-11(8)13(20)15-6-5-7-18(3)4/h5-7H2,1-4H3,(H,15,20)(H,16,17,19). The van der Waals surface area contributed by atoms with Crippen molar-refractivity contribution in [3.8, 4) is 0 Å². The summed E-state index contributed by atoms with van der Waals surface area (Å²) in [6.45, 7) is 5.07. The van der Waals surface area contributed by atoms with Crippen LogP contribution in [0.1, 0.15) is 27.5 Å². The molecule has 0 aliphatic heterocycles. The first-order valence-corrected chi connectivity index (χ1v) is 7.64. The van der Waals surface area contributed by atoms with E-state index >= 15 is 0 Å². The molecule has 21 heavy (non-hydrogen) atoms. The van der Waals surface area contributed by atoms with Gasteiger partial charge in [0.1, 0.15) is 10.7 Å². The zero-order valence-corrected chi connectivity index (χ0v) is 13.6. The molecule has 0 atom stereocenters. The van der Waals surface area contributed by atoms with Crippen LogP contribution < -0.4 is 10.9 Å². The Kier molecular flexibility index (Phi) is 4.74. The Labute approximate surface area is 127 Å². The monoisotopic (exact) mass is 308 g/mol. The third kappa shape index (κ3) is 3.48. The number of H-pyrrole nitrogens is 1. The third-order valence-electron chi connectivity index (χ3n) is 3.19. The molecule has 0 aromatic carbocycles. The van der Waals surface area contributed by atoms with Gasteiger partial charge in [-0.2, -0.15) is 0 Å². The molecule has 0 unspecified atom stereocenters. The zero-order chi connectivity index (χ0) is 15.6. The highest BCUT2D eigenvalue weighted by Gasteiger charge is 2.18. The van der Waals surface area contributed by atoms with E-state index < -0.39 is 0 Å². The molecule has 0 fully saturated rings. The minimum atomic E-state index is -0.182. The van der Waals surface area contributed by atoms with E-state index in [1.807, 2.05) is 14.1 Å². The van der Waals surface area contributed by atoms with E-state index in [0.717, 1.165) is 13.0 Å². The lowest BCUT2D eigenvalue weighted by atomic mass is 10.2. The molecule has 2 aromatic rings. The molecule has 2 heterocycles. The number of aromatic nitrogens is 2. The van der Waals surface area contributed by atoms with Gasteiger partial charge in [0.05, 0.1) is 10.3 Å². The predicted octanol–water partition coefficient (Wildman–Crippen LogP) is 1.28. The van der Waals surface area contributed by atoms with Crippen molar-refractivity contribution in [2.24, 2.45) is 0 Å². The van der Waals surface area contributed by atoms with Crippen molar-refractivity contribution in [3.63, 3.8) is 0 Å². The number of hydrogen-bond acceptors (Lipinski definition) is 5. The number of aromatic amines is 1. The second kappa shape index (κ2) is 6.36. The van der Waals surface area contributed by atoms with Crippen LogP contribution in [-0.4, -0.2) is 48.0 Å². The molecule has 1 amide bonds. The van der Waals surface area contributed by atoms with Gasteiger partial charge in [0.15, 0.2) is 0 Å². The van der Waals surface area contributed by atoms with E-state index in [-0.39, 0.29) is 11.5 Å². The number of nitrogens with zero attached hydrogens (tertiary/aromatic N) is 2. The first-order chi connectivity index (χ1) is 9.90. The number of amides is 1. The predicted molar refractivity (Wildman–Crippen MR) is 85.2 cm³/mol. The van der Waals surface area contributed by atoms with Gasteiger partial charge in [-0.05, 0) is 46.5 Å². The van der Waals surface area contributed by atoms with E-state index in [4.69, 9.17) is 0 Å². The smallest absolute Gasteiger partial charge is 0.261 e. The molecule has 114 valence electrons. The number of rotatable bonds is 5. The summed E-state index contributed by atoms with van der Waals surface area (Å²) in [6.07, 6.45) is 0.890. The van der Waals surface area contributed by atoms with Crippen LogP contribution in [0.4, 0.5) is 0 Å². The van der Waals surface area contributed by atoms with Crippen LogP contribution in [-0.2, 0) is 0 Å². The van der Waals surface area contributed by atoms with Crippen LogP contribution in [0.3, 0.4) is 0 Å². The van der Waals surface area contributed by atoms with Gasteiger partial charge < -0.3 is 15.2 Å². The van der Waals surface area contributed by atoms with Gasteiger partial charge in [0, 0.05) is 6.54 Å². The summed E-state index contributed by atoms with van der Waals surface area (Å²) in [5.74, 6) is 0.429. The summed E-state index contributed by atoms with van der Waals surface area (Å²) in [6, 6.07) is 0. The molecule has 0 aliphatic carbocycles. The minimum Gasteiger partial charge on any atom is -0.351 e. The second-order valence-electron chi connectivity index (χ2n) is 5.30. The highest BCUT2D eigenvalue weighted by molar-refractivity contribution is 7.20. The van der Waals surface area contributed by atoms with Crippen molar-refractivity contribution < 1.29 is 4.79 Å². The quantitative estimate of drug-likeness (QED) is 0.816. The van der Waals surface area contributed by atoms with Crippen LogP contribution >= 0.6 is 11.3 Å². The fourth-order valence-corrected chi connectivity index (χ4v) is 3.29. The molecule has 7 heteroatoms. The molecule has 2 rings (SSSR count). The highest BCUT2D eigenvalue weighted by Crippen LogP contribution is 2.26. The van der Waals surface area contributed by atoms with E-state index in [2.05, 4.69) is 20.2 Å². The Morgan fingerprint density at radius 2 is 2.10 bits per heavy atom. The highest BCUT2D eigenvalue weighted by atomic mass is 32.1. The number of aryl methyl sites for hydroxylation is 2. The van der Waals surface area contributed by atoms with E-state index in [1.165, 1.54) is 11.3 Å². The van der Waals surface area contributed by atoms with Crippen molar-refractivity contribution in [2.75, 3.05) is 27.2 Å². The first-order valence-electron chi connectivity index (χ1n) is 6.83. The summed E-state index contributed by atoms with van der Waals surface area (Å²) < 4.78 is 0.